The van der Waals surface area contributed by atoms with Crippen LogP contribution in [0.3, 0.4) is 0 Å². The van der Waals surface area contributed by atoms with E-state index in [0.717, 1.165) is 0 Å². The Kier molecular flexibility index (Phi) is 3.53. The summed E-state index contributed by atoms with van der Waals surface area (Å²) in [5.74, 6) is -0.467. The predicted octanol–water partition coefficient (Wildman–Crippen LogP) is 2.01. The maximum absolute atomic E-state index is 10.9. The van der Waals surface area contributed by atoms with Crippen LogP contribution in [0, 0.1) is 0 Å². The van der Waals surface area contributed by atoms with Gasteiger partial charge in [0.1, 0.15) is 11.6 Å². The monoisotopic (exact) mass is 252 g/mol. The van der Waals surface area contributed by atoms with Crippen LogP contribution in [0.5, 0.6) is 0 Å². The van der Waals surface area contributed by atoms with Crippen LogP contribution in [-0.2, 0) is 4.79 Å². The molecule has 1 aromatic carbocycles. The molecule has 2 N–H and O–H groups in total. The Morgan fingerprint density at radius 3 is 2.94 bits per heavy atom. The fourth-order valence-electron chi connectivity index (χ4n) is 1.47. The van der Waals surface area contributed by atoms with Gasteiger partial charge in [-0.05, 0) is 24.3 Å². The van der Waals surface area contributed by atoms with Gasteiger partial charge in [-0.2, -0.15) is 17.6 Å². The summed E-state index contributed by atoms with van der Waals surface area (Å²) in [6, 6.07) is 6.75. The molecule has 2 aromatic rings. The molecule has 0 bridgehead atoms. The molecule has 1 unspecified atom stereocenters. The minimum absolute atomic E-state index is 0.223. The Morgan fingerprint density at radius 1 is 1.53 bits per heavy atom. The lowest BCUT2D eigenvalue weighted by Gasteiger charge is -2.10. The average Bonchev–Trinajstić information content (AvgIpc) is 2.70. The van der Waals surface area contributed by atoms with E-state index in [0.29, 0.717) is 23.3 Å². The number of carboxylic acid groups (broad SMARTS) is 1. The van der Waals surface area contributed by atoms with Gasteiger partial charge < -0.3 is 14.8 Å². The zero-order valence-corrected chi connectivity index (χ0v) is 9.85. The van der Waals surface area contributed by atoms with Crippen molar-refractivity contribution in [2.75, 3.05) is 11.1 Å². The first kappa shape index (κ1) is 11.8. The number of nitrogens with zero attached hydrogens (tertiary/aromatic N) is 1. The number of benzene rings is 1. The van der Waals surface area contributed by atoms with Crippen LogP contribution in [0.2, 0.25) is 0 Å². The second-order valence-corrected chi connectivity index (χ2v) is 3.98. The van der Waals surface area contributed by atoms with Crippen molar-refractivity contribution in [3.8, 4) is 0 Å². The molecule has 0 aliphatic heterocycles. The van der Waals surface area contributed by atoms with Gasteiger partial charge in [0.15, 0.2) is 5.58 Å². The SMILES string of the molecule is O=C(O)C(CCS)Nc1nc2ccccc2o1. The van der Waals surface area contributed by atoms with Gasteiger partial charge in [0.25, 0.3) is 6.01 Å². The predicted molar refractivity (Wildman–Crippen MR) is 67.5 cm³/mol. The molecule has 1 aromatic heterocycles. The van der Waals surface area contributed by atoms with Crippen molar-refractivity contribution < 1.29 is 14.3 Å². The molecule has 0 spiro atoms. The minimum Gasteiger partial charge on any atom is -0.480 e. The number of aromatic nitrogens is 1. The maximum atomic E-state index is 10.9. The van der Waals surface area contributed by atoms with E-state index in [1.807, 2.05) is 12.1 Å². The van der Waals surface area contributed by atoms with Gasteiger partial charge in [0.2, 0.25) is 0 Å². The molecule has 90 valence electrons. The van der Waals surface area contributed by atoms with Gasteiger partial charge in [-0.25, -0.2) is 4.79 Å². The second-order valence-electron chi connectivity index (χ2n) is 3.53. The number of hydrogen-bond donors (Lipinski definition) is 3. The van der Waals surface area contributed by atoms with E-state index in [9.17, 15) is 4.79 Å². The number of oxazole rings is 1. The van der Waals surface area contributed by atoms with Gasteiger partial charge in [-0.1, -0.05) is 12.1 Å². The molecule has 0 aliphatic carbocycles. The summed E-state index contributed by atoms with van der Waals surface area (Å²) >= 11 is 4.02. The number of rotatable bonds is 5. The van der Waals surface area contributed by atoms with Gasteiger partial charge in [0.05, 0.1) is 0 Å². The first-order valence-corrected chi connectivity index (χ1v) is 5.79. The minimum atomic E-state index is -0.943. The fraction of sp³-hybridized carbons (Fsp3) is 0.273. The highest BCUT2D eigenvalue weighted by molar-refractivity contribution is 7.80. The van der Waals surface area contributed by atoms with Crippen LogP contribution in [0.4, 0.5) is 6.01 Å². The van der Waals surface area contributed by atoms with Crippen molar-refractivity contribution in [2.24, 2.45) is 0 Å². The Morgan fingerprint density at radius 2 is 2.29 bits per heavy atom. The smallest absolute Gasteiger partial charge is 0.326 e. The molecule has 0 fully saturated rings. The number of hydrogen-bond acceptors (Lipinski definition) is 5. The van der Waals surface area contributed by atoms with Crippen molar-refractivity contribution in [3.63, 3.8) is 0 Å². The number of nitrogens with one attached hydrogen (secondary N) is 1. The van der Waals surface area contributed by atoms with E-state index >= 15 is 0 Å². The van der Waals surface area contributed by atoms with E-state index in [1.54, 1.807) is 12.1 Å². The summed E-state index contributed by atoms with van der Waals surface area (Å²) in [6.45, 7) is 0. The zero-order chi connectivity index (χ0) is 12.3. The standard InChI is InChI=1S/C11H12N2O3S/c14-10(15)8(5-6-17)13-11-12-7-3-1-2-4-9(7)16-11/h1-4,8,17H,5-6H2,(H,12,13)(H,14,15). The van der Waals surface area contributed by atoms with Gasteiger partial charge in [-0.15, -0.1) is 0 Å². The largest absolute Gasteiger partial charge is 0.480 e. The lowest BCUT2D eigenvalue weighted by molar-refractivity contribution is -0.138. The Balaban J connectivity index is 2.19. The lowest BCUT2D eigenvalue weighted by atomic mass is 10.2. The van der Waals surface area contributed by atoms with E-state index in [2.05, 4.69) is 22.9 Å². The van der Waals surface area contributed by atoms with E-state index < -0.39 is 12.0 Å². The summed E-state index contributed by atoms with van der Waals surface area (Å²) in [4.78, 5) is 15.1. The molecule has 0 saturated carbocycles. The van der Waals surface area contributed by atoms with Crippen LogP contribution in [0.25, 0.3) is 11.1 Å². The number of thiol groups is 1. The Labute approximate surface area is 103 Å². The topological polar surface area (TPSA) is 75.4 Å². The summed E-state index contributed by atoms with van der Waals surface area (Å²) in [7, 11) is 0. The third kappa shape index (κ3) is 2.71. The third-order valence-corrected chi connectivity index (χ3v) is 2.57. The van der Waals surface area contributed by atoms with E-state index in [4.69, 9.17) is 9.52 Å². The van der Waals surface area contributed by atoms with E-state index in [-0.39, 0.29) is 6.01 Å². The van der Waals surface area contributed by atoms with Crippen molar-refractivity contribution in [1.29, 1.82) is 0 Å². The molecular weight excluding hydrogens is 240 g/mol. The highest BCUT2D eigenvalue weighted by atomic mass is 32.1. The van der Waals surface area contributed by atoms with Gasteiger partial charge in [0, 0.05) is 0 Å². The molecular formula is C11H12N2O3S. The fourth-order valence-corrected chi connectivity index (χ4v) is 1.73. The maximum Gasteiger partial charge on any atom is 0.326 e. The molecule has 6 heteroatoms. The van der Waals surface area contributed by atoms with Crippen LogP contribution in [-0.4, -0.2) is 27.9 Å². The average molecular weight is 252 g/mol. The van der Waals surface area contributed by atoms with Crippen LogP contribution in [0.1, 0.15) is 6.42 Å². The highest BCUT2D eigenvalue weighted by Gasteiger charge is 2.18. The van der Waals surface area contributed by atoms with Crippen LogP contribution >= 0.6 is 12.6 Å². The van der Waals surface area contributed by atoms with Crippen molar-refractivity contribution in [2.45, 2.75) is 12.5 Å². The summed E-state index contributed by atoms with van der Waals surface area (Å²) in [5, 5.41) is 11.7. The molecule has 1 atom stereocenters. The number of carbonyl (C=O) groups is 1. The molecule has 2 rings (SSSR count). The molecule has 5 nitrogen and oxygen atoms in total. The molecule has 0 amide bonds. The number of fused-ring (bicyclic) bond motifs is 1. The molecule has 0 radical (unpaired) electrons. The first-order chi connectivity index (χ1) is 8.20. The van der Waals surface area contributed by atoms with Crippen LogP contribution < -0.4 is 5.32 Å². The molecule has 1 heterocycles. The van der Waals surface area contributed by atoms with Gasteiger partial charge >= 0.3 is 5.97 Å². The lowest BCUT2D eigenvalue weighted by Crippen LogP contribution is -2.29. The number of carboxylic acids is 1. The normalized spacial score (nSPS) is 12.5. The number of aliphatic carboxylic acids is 1. The highest BCUT2D eigenvalue weighted by Crippen LogP contribution is 2.19. The summed E-state index contributed by atoms with van der Waals surface area (Å²) in [6.07, 6.45) is 0.400. The van der Waals surface area contributed by atoms with E-state index in [1.165, 1.54) is 0 Å². The van der Waals surface area contributed by atoms with Crippen molar-refractivity contribution >= 4 is 35.7 Å². The molecule has 0 saturated heterocycles. The Bertz CT molecular complexity index is 493. The zero-order valence-electron chi connectivity index (χ0n) is 8.96. The van der Waals surface area contributed by atoms with Crippen molar-refractivity contribution in [3.05, 3.63) is 24.3 Å². The Hall–Kier alpha value is -1.69. The molecule has 0 aliphatic rings. The first-order valence-electron chi connectivity index (χ1n) is 5.16. The summed E-state index contributed by atoms with van der Waals surface area (Å²) in [5.41, 5.74) is 1.33. The summed E-state index contributed by atoms with van der Waals surface area (Å²) < 4.78 is 5.38. The van der Waals surface area contributed by atoms with Gasteiger partial charge in [-0.3, -0.25) is 0 Å². The second kappa shape index (κ2) is 5.09. The van der Waals surface area contributed by atoms with Crippen molar-refractivity contribution in [1.82, 2.24) is 4.98 Å². The molecule has 17 heavy (non-hydrogen) atoms. The third-order valence-electron chi connectivity index (χ3n) is 2.31. The number of anilines is 1. The number of para-hydroxylation sites is 2. The van der Waals surface area contributed by atoms with Crippen LogP contribution in [0.15, 0.2) is 28.7 Å². The quantitative estimate of drug-likeness (QED) is 0.710.